The zero-order valence-electron chi connectivity index (χ0n) is 14.1. The van der Waals surface area contributed by atoms with Crippen molar-refractivity contribution in [2.24, 2.45) is 0 Å². The molecule has 0 spiro atoms. The number of benzene rings is 1. The van der Waals surface area contributed by atoms with Crippen LogP contribution in [0.5, 0.6) is 0 Å². The zero-order chi connectivity index (χ0) is 18.7. The molecule has 6 nitrogen and oxygen atoms in total. The summed E-state index contributed by atoms with van der Waals surface area (Å²) in [4.78, 5) is 23.2. The van der Waals surface area contributed by atoms with Crippen molar-refractivity contribution in [3.05, 3.63) is 45.2 Å². The summed E-state index contributed by atoms with van der Waals surface area (Å²) >= 11 is 12.2. The third-order valence-electron chi connectivity index (χ3n) is 3.96. The standard InChI is InChI=1S/C17H19Cl2N3O3/c1-4-14(17(24)25)20-16(23)8-12-9(2)21-22(10(12)3)15-6-5-11(18)7-13(15)19/h5-7,14H,4,8H2,1-3H3,(H,20,23)(H,24,25). The Bertz CT molecular complexity index is 818. The molecule has 8 heteroatoms. The van der Waals surface area contributed by atoms with Crippen LogP contribution in [0.15, 0.2) is 18.2 Å². The van der Waals surface area contributed by atoms with E-state index in [-0.39, 0.29) is 12.3 Å². The van der Waals surface area contributed by atoms with Crippen molar-refractivity contribution in [3.63, 3.8) is 0 Å². The largest absolute Gasteiger partial charge is 0.480 e. The lowest BCUT2D eigenvalue weighted by Gasteiger charge is -2.12. The van der Waals surface area contributed by atoms with Gasteiger partial charge in [-0.15, -0.1) is 0 Å². The minimum Gasteiger partial charge on any atom is -0.480 e. The van der Waals surface area contributed by atoms with Gasteiger partial charge in [-0.25, -0.2) is 9.48 Å². The molecule has 2 aromatic rings. The van der Waals surface area contributed by atoms with E-state index >= 15 is 0 Å². The third-order valence-corrected chi connectivity index (χ3v) is 4.50. The lowest BCUT2D eigenvalue weighted by atomic mass is 10.1. The highest BCUT2D eigenvalue weighted by Gasteiger charge is 2.21. The molecule has 1 atom stereocenters. The van der Waals surface area contributed by atoms with Crippen molar-refractivity contribution in [3.8, 4) is 5.69 Å². The number of aromatic nitrogens is 2. The highest BCUT2D eigenvalue weighted by Crippen LogP contribution is 2.27. The number of aliphatic carboxylic acids is 1. The van der Waals surface area contributed by atoms with Gasteiger partial charge in [0.1, 0.15) is 6.04 Å². The van der Waals surface area contributed by atoms with E-state index in [2.05, 4.69) is 10.4 Å². The maximum atomic E-state index is 12.2. The Morgan fingerprint density at radius 3 is 2.56 bits per heavy atom. The first-order valence-corrected chi connectivity index (χ1v) is 8.52. The quantitative estimate of drug-likeness (QED) is 0.800. The number of aryl methyl sites for hydroxylation is 1. The van der Waals surface area contributed by atoms with Crippen LogP contribution in [0.4, 0.5) is 0 Å². The molecule has 1 aromatic heterocycles. The Morgan fingerprint density at radius 2 is 2.00 bits per heavy atom. The molecule has 0 aliphatic heterocycles. The number of carboxylic acid groups (broad SMARTS) is 1. The van der Waals surface area contributed by atoms with Crippen LogP contribution in [0.25, 0.3) is 5.69 Å². The van der Waals surface area contributed by atoms with Crippen molar-refractivity contribution in [2.75, 3.05) is 0 Å². The average Bonchev–Trinajstić information content (AvgIpc) is 2.80. The number of amides is 1. The van der Waals surface area contributed by atoms with Gasteiger partial charge in [-0.1, -0.05) is 30.1 Å². The Kier molecular flexibility index (Phi) is 6.08. The first kappa shape index (κ1) is 19.3. The van der Waals surface area contributed by atoms with Gasteiger partial charge in [0, 0.05) is 16.3 Å². The molecule has 1 heterocycles. The van der Waals surface area contributed by atoms with Gasteiger partial charge in [0.25, 0.3) is 0 Å². The van der Waals surface area contributed by atoms with E-state index in [1.807, 2.05) is 6.92 Å². The normalized spacial score (nSPS) is 12.0. The van der Waals surface area contributed by atoms with Crippen LogP contribution < -0.4 is 5.32 Å². The fraction of sp³-hybridized carbons (Fsp3) is 0.353. The molecule has 0 saturated carbocycles. The summed E-state index contributed by atoms with van der Waals surface area (Å²) in [6.45, 7) is 5.34. The van der Waals surface area contributed by atoms with Gasteiger partial charge in [-0.05, 0) is 38.5 Å². The molecule has 2 rings (SSSR count). The molecule has 0 fully saturated rings. The van der Waals surface area contributed by atoms with E-state index in [1.54, 1.807) is 36.7 Å². The van der Waals surface area contributed by atoms with Crippen LogP contribution in [-0.2, 0) is 16.0 Å². The second kappa shape index (κ2) is 7.89. The molecule has 25 heavy (non-hydrogen) atoms. The van der Waals surface area contributed by atoms with E-state index in [9.17, 15) is 9.59 Å². The van der Waals surface area contributed by atoms with Gasteiger partial charge >= 0.3 is 5.97 Å². The number of hydrogen-bond acceptors (Lipinski definition) is 3. The van der Waals surface area contributed by atoms with E-state index < -0.39 is 12.0 Å². The summed E-state index contributed by atoms with van der Waals surface area (Å²) in [6, 6.07) is 4.20. The fourth-order valence-corrected chi connectivity index (χ4v) is 3.05. The highest BCUT2D eigenvalue weighted by atomic mass is 35.5. The van der Waals surface area contributed by atoms with Crippen LogP contribution in [0, 0.1) is 13.8 Å². The molecule has 1 unspecified atom stereocenters. The van der Waals surface area contributed by atoms with Crippen molar-refractivity contribution in [1.29, 1.82) is 0 Å². The average molecular weight is 384 g/mol. The van der Waals surface area contributed by atoms with Crippen LogP contribution in [0.2, 0.25) is 10.0 Å². The molecule has 0 aliphatic carbocycles. The Hall–Kier alpha value is -2.05. The molecule has 0 bridgehead atoms. The first-order valence-electron chi connectivity index (χ1n) is 7.77. The number of rotatable bonds is 6. The van der Waals surface area contributed by atoms with E-state index in [0.717, 1.165) is 11.3 Å². The Balaban J connectivity index is 2.28. The number of nitrogens with one attached hydrogen (secondary N) is 1. The Morgan fingerprint density at radius 1 is 1.32 bits per heavy atom. The van der Waals surface area contributed by atoms with Gasteiger partial charge in [0.05, 0.1) is 22.8 Å². The summed E-state index contributed by atoms with van der Waals surface area (Å²) in [5, 5.41) is 17.0. The summed E-state index contributed by atoms with van der Waals surface area (Å²) in [7, 11) is 0. The van der Waals surface area contributed by atoms with Gasteiger partial charge in [0.2, 0.25) is 5.91 Å². The second-order valence-electron chi connectivity index (χ2n) is 5.70. The number of halogens is 2. The van der Waals surface area contributed by atoms with Crippen LogP contribution in [0.1, 0.15) is 30.3 Å². The molecular weight excluding hydrogens is 365 g/mol. The molecule has 0 aliphatic rings. The summed E-state index contributed by atoms with van der Waals surface area (Å²) < 4.78 is 1.66. The lowest BCUT2D eigenvalue weighted by Crippen LogP contribution is -2.41. The minimum atomic E-state index is -1.05. The molecule has 1 amide bonds. The number of carbonyl (C=O) groups excluding carboxylic acids is 1. The summed E-state index contributed by atoms with van der Waals surface area (Å²) in [5.74, 6) is -1.41. The van der Waals surface area contributed by atoms with Crippen molar-refractivity contribution in [2.45, 2.75) is 39.7 Å². The minimum absolute atomic E-state index is 0.0483. The van der Waals surface area contributed by atoms with Crippen LogP contribution in [0.3, 0.4) is 0 Å². The van der Waals surface area contributed by atoms with Crippen molar-refractivity contribution < 1.29 is 14.7 Å². The zero-order valence-corrected chi connectivity index (χ0v) is 15.6. The van der Waals surface area contributed by atoms with Gasteiger partial charge in [0.15, 0.2) is 0 Å². The van der Waals surface area contributed by atoms with Crippen molar-refractivity contribution in [1.82, 2.24) is 15.1 Å². The van der Waals surface area contributed by atoms with Crippen LogP contribution in [-0.4, -0.2) is 32.8 Å². The van der Waals surface area contributed by atoms with E-state index in [4.69, 9.17) is 28.3 Å². The third kappa shape index (κ3) is 4.32. The van der Waals surface area contributed by atoms with Crippen molar-refractivity contribution >= 4 is 35.1 Å². The smallest absolute Gasteiger partial charge is 0.326 e. The predicted molar refractivity (Wildman–Crippen MR) is 96.6 cm³/mol. The van der Waals surface area contributed by atoms with Gasteiger partial charge in [-0.2, -0.15) is 5.10 Å². The fourth-order valence-electron chi connectivity index (χ4n) is 2.56. The van der Waals surface area contributed by atoms with Crippen LogP contribution >= 0.6 is 23.2 Å². The lowest BCUT2D eigenvalue weighted by molar-refractivity contribution is -0.141. The monoisotopic (exact) mass is 383 g/mol. The SMILES string of the molecule is CCC(NC(=O)Cc1c(C)nn(-c2ccc(Cl)cc2Cl)c1C)C(=O)O. The second-order valence-corrected chi connectivity index (χ2v) is 6.54. The molecule has 0 radical (unpaired) electrons. The molecule has 0 saturated heterocycles. The maximum Gasteiger partial charge on any atom is 0.326 e. The molecule has 2 N–H and O–H groups in total. The molecular formula is C17H19Cl2N3O3. The molecule has 1 aromatic carbocycles. The molecule has 134 valence electrons. The van der Waals surface area contributed by atoms with E-state index in [0.29, 0.717) is 27.8 Å². The number of nitrogens with zero attached hydrogens (tertiary/aromatic N) is 2. The first-order chi connectivity index (χ1) is 11.7. The number of hydrogen-bond donors (Lipinski definition) is 2. The summed E-state index contributed by atoms with van der Waals surface area (Å²) in [5.41, 5.74) is 2.85. The topological polar surface area (TPSA) is 84.2 Å². The predicted octanol–water partition coefficient (Wildman–Crippen LogP) is 3.32. The number of carbonyl (C=O) groups is 2. The van der Waals surface area contributed by atoms with E-state index in [1.165, 1.54) is 0 Å². The Labute approximate surface area is 155 Å². The number of carboxylic acids is 1. The maximum absolute atomic E-state index is 12.2. The summed E-state index contributed by atoms with van der Waals surface area (Å²) in [6.07, 6.45) is 0.366. The van der Waals surface area contributed by atoms with Gasteiger partial charge < -0.3 is 10.4 Å². The van der Waals surface area contributed by atoms with Gasteiger partial charge in [-0.3, -0.25) is 4.79 Å². The highest BCUT2D eigenvalue weighted by molar-refractivity contribution is 6.35.